The van der Waals surface area contributed by atoms with Crippen LogP contribution in [-0.2, 0) is 6.42 Å². The van der Waals surface area contributed by atoms with E-state index in [-0.39, 0.29) is 16.9 Å². The average Bonchev–Trinajstić information content (AvgIpc) is 2.83. The monoisotopic (exact) mass is 375 g/mol. The maximum absolute atomic E-state index is 13.6. The molecule has 0 amide bonds. The highest BCUT2D eigenvalue weighted by Crippen LogP contribution is 2.30. The van der Waals surface area contributed by atoms with Gasteiger partial charge in [0, 0.05) is 27.2 Å². The summed E-state index contributed by atoms with van der Waals surface area (Å²) in [7, 11) is 0. The molecule has 0 saturated carbocycles. The van der Waals surface area contributed by atoms with E-state index in [0.717, 1.165) is 29.4 Å². The molecule has 1 aromatic carbocycles. The average molecular weight is 377 g/mol. The Morgan fingerprint density at radius 2 is 2.25 bits per heavy atom. The van der Waals surface area contributed by atoms with Gasteiger partial charge in [-0.1, -0.05) is 30.7 Å². The lowest BCUT2D eigenvalue weighted by Gasteiger charge is -2.19. The molecule has 0 spiro atoms. The molecule has 0 fully saturated rings. The summed E-state index contributed by atoms with van der Waals surface area (Å²) in [5.74, 6) is -0.361. The van der Waals surface area contributed by atoms with E-state index < -0.39 is 0 Å². The van der Waals surface area contributed by atoms with Gasteiger partial charge in [-0.15, -0.1) is 11.3 Å². The fourth-order valence-electron chi connectivity index (χ4n) is 2.06. The van der Waals surface area contributed by atoms with Crippen LogP contribution in [0.3, 0.4) is 0 Å². The third kappa shape index (κ3) is 4.04. The Morgan fingerprint density at radius 3 is 2.90 bits per heavy atom. The van der Waals surface area contributed by atoms with Crippen LogP contribution in [0.5, 0.6) is 0 Å². The quantitative estimate of drug-likeness (QED) is 0.693. The van der Waals surface area contributed by atoms with E-state index in [1.54, 1.807) is 17.4 Å². The molecule has 0 aliphatic carbocycles. The van der Waals surface area contributed by atoms with Crippen LogP contribution in [0.15, 0.2) is 34.1 Å². The van der Waals surface area contributed by atoms with Crippen LogP contribution >= 0.6 is 38.9 Å². The second-order valence-corrected chi connectivity index (χ2v) is 6.87. The number of nitrogens with one attached hydrogen (secondary N) is 1. The molecular formula is C15H16BrClFNS. The van der Waals surface area contributed by atoms with Gasteiger partial charge < -0.3 is 5.32 Å². The summed E-state index contributed by atoms with van der Waals surface area (Å²) in [5, 5.41) is 5.73. The highest BCUT2D eigenvalue weighted by molar-refractivity contribution is 9.10. The standard InChI is InChI=1S/C15H16BrClFNS/c1-2-6-19-14(8-11-7-10(16)9-20-11)12-4-3-5-13(18)15(12)17/h3-5,7,9,14,19H,2,6,8H2,1H3. The van der Waals surface area contributed by atoms with E-state index in [1.165, 1.54) is 10.9 Å². The first-order valence-corrected chi connectivity index (χ1v) is 8.57. The Morgan fingerprint density at radius 1 is 1.45 bits per heavy atom. The van der Waals surface area contributed by atoms with Crippen molar-refractivity contribution in [3.63, 3.8) is 0 Å². The summed E-state index contributed by atoms with van der Waals surface area (Å²) in [6.07, 6.45) is 1.83. The number of rotatable bonds is 6. The Kier molecular flexibility index (Phi) is 6.02. The molecule has 1 heterocycles. The lowest BCUT2D eigenvalue weighted by atomic mass is 10.0. The molecule has 2 rings (SSSR count). The largest absolute Gasteiger partial charge is 0.310 e. The van der Waals surface area contributed by atoms with Gasteiger partial charge in [-0.3, -0.25) is 0 Å². The molecule has 1 aromatic heterocycles. The zero-order chi connectivity index (χ0) is 14.5. The molecule has 20 heavy (non-hydrogen) atoms. The first kappa shape index (κ1) is 16.0. The minimum atomic E-state index is -0.361. The van der Waals surface area contributed by atoms with E-state index in [1.807, 2.05) is 6.07 Å². The van der Waals surface area contributed by atoms with Crippen LogP contribution in [0.1, 0.15) is 29.8 Å². The highest BCUT2D eigenvalue weighted by atomic mass is 79.9. The van der Waals surface area contributed by atoms with Crippen molar-refractivity contribution in [2.24, 2.45) is 0 Å². The van der Waals surface area contributed by atoms with Gasteiger partial charge in [0.2, 0.25) is 0 Å². The molecule has 1 unspecified atom stereocenters. The molecule has 108 valence electrons. The van der Waals surface area contributed by atoms with E-state index in [4.69, 9.17) is 11.6 Å². The summed E-state index contributed by atoms with van der Waals surface area (Å²) in [6.45, 7) is 2.99. The van der Waals surface area contributed by atoms with Crippen LogP contribution < -0.4 is 5.32 Å². The van der Waals surface area contributed by atoms with Gasteiger partial charge in [-0.2, -0.15) is 0 Å². The van der Waals surface area contributed by atoms with Crippen LogP contribution in [0, 0.1) is 5.82 Å². The molecule has 0 bridgehead atoms. The SMILES string of the molecule is CCCNC(Cc1cc(Br)cs1)c1cccc(F)c1Cl. The predicted molar refractivity (Wildman–Crippen MR) is 88.2 cm³/mol. The van der Waals surface area contributed by atoms with Crippen molar-refractivity contribution in [2.45, 2.75) is 25.8 Å². The second kappa shape index (κ2) is 7.55. The Labute approximate surface area is 136 Å². The lowest BCUT2D eigenvalue weighted by Crippen LogP contribution is -2.24. The van der Waals surface area contributed by atoms with Crippen molar-refractivity contribution in [3.05, 3.63) is 55.4 Å². The second-order valence-electron chi connectivity index (χ2n) is 4.59. The van der Waals surface area contributed by atoms with E-state index in [2.05, 4.69) is 39.6 Å². The normalized spacial score (nSPS) is 12.6. The molecule has 0 aliphatic rings. The molecule has 1 nitrogen and oxygen atoms in total. The topological polar surface area (TPSA) is 12.0 Å². The Balaban J connectivity index is 2.24. The van der Waals surface area contributed by atoms with Gasteiger partial charge in [-0.25, -0.2) is 4.39 Å². The van der Waals surface area contributed by atoms with Crippen molar-refractivity contribution < 1.29 is 4.39 Å². The van der Waals surface area contributed by atoms with Crippen molar-refractivity contribution in [1.29, 1.82) is 0 Å². The van der Waals surface area contributed by atoms with Crippen LogP contribution in [0.2, 0.25) is 5.02 Å². The van der Waals surface area contributed by atoms with Crippen molar-refractivity contribution in [1.82, 2.24) is 5.32 Å². The van der Waals surface area contributed by atoms with Gasteiger partial charge in [0.25, 0.3) is 0 Å². The number of benzene rings is 1. The van der Waals surface area contributed by atoms with Crippen molar-refractivity contribution in [3.8, 4) is 0 Å². The first-order chi connectivity index (χ1) is 9.61. The van der Waals surface area contributed by atoms with Crippen molar-refractivity contribution in [2.75, 3.05) is 6.54 Å². The molecule has 5 heteroatoms. The number of hydrogen-bond donors (Lipinski definition) is 1. The molecular weight excluding hydrogens is 361 g/mol. The van der Waals surface area contributed by atoms with Gasteiger partial charge in [0.1, 0.15) is 5.82 Å². The minimum Gasteiger partial charge on any atom is -0.310 e. The first-order valence-electron chi connectivity index (χ1n) is 6.52. The summed E-state index contributed by atoms with van der Waals surface area (Å²) in [5.41, 5.74) is 0.824. The smallest absolute Gasteiger partial charge is 0.142 e. The Hall–Kier alpha value is -0.420. The van der Waals surface area contributed by atoms with E-state index >= 15 is 0 Å². The maximum atomic E-state index is 13.6. The third-order valence-electron chi connectivity index (χ3n) is 3.02. The molecule has 0 radical (unpaired) electrons. The van der Waals surface area contributed by atoms with Gasteiger partial charge in [0.15, 0.2) is 0 Å². The minimum absolute atomic E-state index is 0.0312. The third-order valence-corrected chi connectivity index (χ3v) is 5.14. The zero-order valence-electron chi connectivity index (χ0n) is 11.1. The summed E-state index contributed by atoms with van der Waals surface area (Å²) >= 11 is 11.3. The van der Waals surface area contributed by atoms with Crippen LogP contribution in [-0.4, -0.2) is 6.54 Å². The molecule has 0 aliphatic heterocycles. The fraction of sp³-hybridized carbons (Fsp3) is 0.333. The zero-order valence-corrected chi connectivity index (χ0v) is 14.3. The van der Waals surface area contributed by atoms with Crippen LogP contribution in [0.4, 0.5) is 4.39 Å². The maximum Gasteiger partial charge on any atom is 0.142 e. The number of thiophene rings is 1. The van der Waals surface area contributed by atoms with Gasteiger partial charge in [0.05, 0.1) is 5.02 Å². The Bertz CT molecular complexity index is 573. The van der Waals surface area contributed by atoms with E-state index in [9.17, 15) is 4.39 Å². The molecule has 0 saturated heterocycles. The summed E-state index contributed by atoms with van der Waals surface area (Å²) < 4.78 is 14.7. The number of halogens is 3. The lowest BCUT2D eigenvalue weighted by molar-refractivity contribution is 0.527. The van der Waals surface area contributed by atoms with E-state index in [0.29, 0.717) is 0 Å². The van der Waals surface area contributed by atoms with Crippen LogP contribution in [0.25, 0.3) is 0 Å². The highest BCUT2D eigenvalue weighted by Gasteiger charge is 2.17. The van der Waals surface area contributed by atoms with Gasteiger partial charge in [-0.05, 0) is 46.6 Å². The molecule has 1 atom stereocenters. The molecule has 1 N–H and O–H groups in total. The molecule has 2 aromatic rings. The van der Waals surface area contributed by atoms with Gasteiger partial charge >= 0.3 is 0 Å². The fourth-order valence-corrected chi connectivity index (χ4v) is 3.82. The summed E-state index contributed by atoms with van der Waals surface area (Å²) in [4.78, 5) is 1.24. The number of hydrogen-bond acceptors (Lipinski definition) is 2. The summed E-state index contributed by atoms with van der Waals surface area (Å²) in [6, 6.07) is 7.12. The van der Waals surface area contributed by atoms with Crippen molar-refractivity contribution >= 4 is 38.9 Å². The predicted octanol–water partition coefficient (Wildman–Crippen LogP) is 5.59.